The number of hydrogen-bond donors (Lipinski definition) is 2. The van der Waals surface area contributed by atoms with E-state index in [-0.39, 0.29) is 5.91 Å². The number of anilines is 1. The van der Waals surface area contributed by atoms with Crippen molar-refractivity contribution in [3.8, 4) is 5.75 Å². The Labute approximate surface area is 109 Å². The maximum Gasteiger partial charge on any atom is 0.224 e. The number of nitrogens with one attached hydrogen (secondary N) is 1. The molecule has 0 unspecified atom stereocenters. The van der Waals surface area contributed by atoms with Gasteiger partial charge in [-0.15, -0.1) is 0 Å². The predicted molar refractivity (Wildman–Crippen MR) is 73.7 cm³/mol. The van der Waals surface area contributed by atoms with Crippen LogP contribution in [0.4, 0.5) is 5.69 Å². The number of amides is 1. The molecule has 0 saturated carbocycles. The van der Waals surface area contributed by atoms with Crippen molar-refractivity contribution in [1.29, 1.82) is 0 Å². The number of unbranched alkanes of at least 4 members (excludes halogenated alkanes) is 2. The Morgan fingerprint density at radius 2 is 2.17 bits per heavy atom. The Bertz CT molecular complexity index is 391. The van der Waals surface area contributed by atoms with Gasteiger partial charge in [-0.25, -0.2) is 0 Å². The summed E-state index contributed by atoms with van der Waals surface area (Å²) >= 11 is 0. The molecule has 0 saturated heterocycles. The molecule has 3 N–H and O–H groups in total. The van der Waals surface area contributed by atoms with Crippen LogP contribution < -0.4 is 15.8 Å². The summed E-state index contributed by atoms with van der Waals surface area (Å²) in [6, 6.07) is 5.57. The molecule has 0 aliphatic carbocycles. The summed E-state index contributed by atoms with van der Waals surface area (Å²) in [5, 5.41) is 2.87. The van der Waals surface area contributed by atoms with Crippen LogP contribution >= 0.6 is 0 Å². The summed E-state index contributed by atoms with van der Waals surface area (Å²) in [5.74, 6) is 0.684. The molecule has 0 aliphatic rings. The highest BCUT2D eigenvalue weighted by molar-refractivity contribution is 5.92. The summed E-state index contributed by atoms with van der Waals surface area (Å²) in [6.07, 6.45) is 3.67. The van der Waals surface area contributed by atoms with Gasteiger partial charge in [-0.1, -0.05) is 25.8 Å². The first kappa shape index (κ1) is 14.5. The molecule has 4 nitrogen and oxygen atoms in total. The summed E-state index contributed by atoms with van der Waals surface area (Å²) in [5.41, 5.74) is 7.25. The molecule has 1 rings (SSSR count). The number of carbonyl (C=O) groups excluding carboxylic acids is 1. The van der Waals surface area contributed by atoms with E-state index < -0.39 is 0 Å². The summed E-state index contributed by atoms with van der Waals surface area (Å²) < 4.78 is 5.24. The fourth-order valence-corrected chi connectivity index (χ4v) is 1.71. The zero-order valence-electron chi connectivity index (χ0n) is 11.2. The lowest BCUT2D eigenvalue weighted by Gasteiger charge is -2.11. The van der Waals surface area contributed by atoms with Crippen LogP contribution in [0, 0.1) is 0 Å². The molecule has 0 radical (unpaired) electrons. The van der Waals surface area contributed by atoms with Crippen LogP contribution in [-0.2, 0) is 11.3 Å². The first-order valence-corrected chi connectivity index (χ1v) is 6.38. The third-order valence-electron chi connectivity index (χ3n) is 2.78. The number of carbonyl (C=O) groups is 1. The number of nitrogens with two attached hydrogens (primary N) is 1. The highest BCUT2D eigenvalue weighted by Crippen LogP contribution is 2.25. The van der Waals surface area contributed by atoms with Crippen molar-refractivity contribution in [2.45, 2.75) is 39.2 Å². The topological polar surface area (TPSA) is 64.4 Å². The van der Waals surface area contributed by atoms with Gasteiger partial charge >= 0.3 is 0 Å². The summed E-state index contributed by atoms with van der Waals surface area (Å²) in [7, 11) is 1.59. The highest BCUT2D eigenvalue weighted by atomic mass is 16.5. The number of rotatable bonds is 7. The Morgan fingerprint density at radius 1 is 1.39 bits per heavy atom. The second-order valence-corrected chi connectivity index (χ2v) is 4.24. The van der Waals surface area contributed by atoms with Gasteiger partial charge in [-0.05, 0) is 24.1 Å². The van der Waals surface area contributed by atoms with Crippen molar-refractivity contribution in [2.75, 3.05) is 12.4 Å². The average molecular weight is 250 g/mol. The second kappa shape index (κ2) is 7.71. The van der Waals surface area contributed by atoms with E-state index in [2.05, 4.69) is 12.2 Å². The third-order valence-corrected chi connectivity index (χ3v) is 2.78. The molecule has 100 valence electrons. The number of ether oxygens (including phenoxy) is 1. The minimum absolute atomic E-state index is 0.0299. The first-order chi connectivity index (χ1) is 8.71. The Hall–Kier alpha value is -1.55. The molecule has 0 bridgehead atoms. The van der Waals surface area contributed by atoms with Crippen LogP contribution in [0.25, 0.3) is 0 Å². The standard InChI is InChI=1S/C14H22N2O2/c1-3-4-5-6-14(17)16-12-8-7-11(10-15)9-13(12)18-2/h7-9H,3-6,10,15H2,1-2H3,(H,16,17). The maximum absolute atomic E-state index is 11.7. The maximum atomic E-state index is 11.7. The van der Waals surface area contributed by atoms with Gasteiger partial charge < -0.3 is 15.8 Å². The van der Waals surface area contributed by atoms with Crippen LogP contribution in [0.1, 0.15) is 38.2 Å². The van der Waals surface area contributed by atoms with Crippen molar-refractivity contribution in [2.24, 2.45) is 5.73 Å². The second-order valence-electron chi connectivity index (χ2n) is 4.24. The van der Waals surface area contributed by atoms with Gasteiger partial charge in [0, 0.05) is 13.0 Å². The van der Waals surface area contributed by atoms with Crippen LogP contribution in [-0.4, -0.2) is 13.0 Å². The van der Waals surface area contributed by atoms with E-state index in [1.54, 1.807) is 7.11 Å². The van der Waals surface area contributed by atoms with Crippen molar-refractivity contribution < 1.29 is 9.53 Å². The zero-order valence-corrected chi connectivity index (χ0v) is 11.2. The van der Waals surface area contributed by atoms with Gasteiger partial charge in [0.15, 0.2) is 0 Å². The number of hydrogen-bond acceptors (Lipinski definition) is 3. The monoisotopic (exact) mass is 250 g/mol. The van der Waals surface area contributed by atoms with Crippen molar-refractivity contribution in [1.82, 2.24) is 0 Å². The molecule has 1 aromatic carbocycles. The minimum atomic E-state index is 0.0299. The molecule has 0 spiro atoms. The molecule has 0 heterocycles. The summed E-state index contributed by atoms with van der Waals surface area (Å²) in [4.78, 5) is 11.7. The lowest BCUT2D eigenvalue weighted by Crippen LogP contribution is -2.12. The normalized spacial score (nSPS) is 10.2. The van der Waals surface area contributed by atoms with E-state index in [1.165, 1.54) is 0 Å². The molecule has 1 amide bonds. The van der Waals surface area contributed by atoms with Crippen LogP contribution in [0.5, 0.6) is 5.75 Å². The molecule has 0 aromatic heterocycles. The van der Waals surface area contributed by atoms with E-state index in [0.29, 0.717) is 24.4 Å². The smallest absolute Gasteiger partial charge is 0.224 e. The lowest BCUT2D eigenvalue weighted by molar-refractivity contribution is -0.116. The third kappa shape index (κ3) is 4.37. The van der Waals surface area contributed by atoms with E-state index in [0.717, 1.165) is 24.8 Å². The average Bonchev–Trinajstić information content (AvgIpc) is 2.39. The molecule has 4 heteroatoms. The minimum Gasteiger partial charge on any atom is -0.495 e. The number of benzene rings is 1. The Kier molecular flexibility index (Phi) is 6.22. The Morgan fingerprint density at radius 3 is 2.78 bits per heavy atom. The van der Waals surface area contributed by atoms with Crippen molar-refractivity contribution >= 4 is 11.6 Å². The van der Waals surface area contributed by atoms with Gasteiger partial charge in [0.1, 0.15) is 5.75 Å². The molecule has 0 aliphatic heterocycles. The van der Waals surface area contributed by atoms with E-state index in [4.69, 9.17) is 10.5 Å². The molecule has 1 aromatic rings. The fourth-order valence-electron chi connectivity index (χ4n) is 1.71. The Balaban J connectivity index is 2.63. The van der Waals surface area contributed by atoms with Crippen LogP contribution in [0.15, 0.2) is 18.2 Å². The molecule has 0 atom stereocenters. The van der Waals surface area contributed by atoms with E-state index in [1.807, 2.05) is 18.2 Å². The van der Waals surface area contributed by atoms with Gasteiger partial charge in [0.05, 0.1) is 12.8 Å². The zero-order chi connectivity index (χ0) is 13.4. The van der Waals surface area contributed by atoms with Gasteiger partial charge in [-0.2, -0.15) is 0 Å². The van der Waals surface area contributed by atoms with Crippen LogP contribution in [0.2, 0.25) is 0 Å². The summed E-state index contributed by atoms with van der Waals surface area (Å²) in [6.45, 7) is 2.58. The van der Waals surface area contributed by atoms with Gasteiger partial charge in [-0.3, -0.25) is 4.79 Å². The SMILES string of the molecule is CCCCCC(=O)Nc1ccc(CN)cc1OC. The van der Waals surface area contributed by atoms with Crippen LogP contribution in [0.3, 0.4) is 0 Å². The molecular formula is C14H22N2O2. The molecular weight excluding hydrogens is 228 g/mol. The predicted octanol–water partition coefficient (Wildman–Crippen LogP) is 2.67. The molecule has 0 fully saturated rings. The molecule has 18 heavy (non-hydrogen) atoms. The van der Waals surface area contributed by atoms with E-state index in [9.17, 15) is 4.79 Å². The van der Waals surface area contributed by atoms with Crippen molar-refractivity contribution in [3.63, 3.8) is 0 Å². The lowest BCUT2D eigenvalue weighted by atomic mass is 10.1. The fraction of sp³-hybridized carbons (Fsp3) is 0.500. The highest BCUT2D eigenvalue weighted by Gasteiger charge is 2.07. The van der Waals surface area contributed by atoms with Gasteiger partial charge in [0.25, 0.3) is 0 Å². The van der Waals surface area contributed by atoms with E-state index >= 15 is 0 Å². The van der Waals surface area contributed by atoms with Crippen molar-refractivity contribution in [3.05, 3.63) is 23.8 Å². The quantitative estimate of drug-likeness (QED) is 0.731. The van der Waals surface area contributed by atoms with Gasteiger partial charge in [0.2, 0.25) is 5.91 Å². The largest absolute Gasteiger partial charge is 0.495 e. The number of methoxy groups -OCH3 is 1. The first-order valence-electron chi connectivity index (χ1n) is 6.38.